The van der Waals surface area contributed by atoms with Gasteiger partial charge in [0.1, 0.15) is 0 Å². The molecule has 1 aromatic carbocycles. The molecule has 0 spiro atoms. The van der Waals surface area contributed by atoms with E-state index in [-0.39, 0.29) is 6.04 Å². The van der Waals surface area contributed by atoms with E-state index in [1.54, 1.807) is 0 Å². The standard InChI is InChI=1S/C14H20BrNS2/c1-9-10(2)18-14(8-17-9)13(16)7-11-5-3-4-6-12(11)15/h3-6,9-10,13-14H,7-8,16H2,1-2H3. The summed E-state index contributed by atoms with van der Waals surface area (Å²) in [6.45, 7) is 4.64. The van der Waals surface area contributed by atoms with Crippen LogP contribution in [-0.2, 0) is 6.42 Å². The maximum absolute atomic E-state index is 6.40. The number of rotatable bonds is 3. The summed E-state index contributed by atoms with van der Waals surface area (Å²) in [6.07, 6.45) is 0.959. The van der Waals surface area contributed by atoms with Crippen LogP contribution in [0, 0.1) is 0 Å². The summed E-state index contributed by atoms with van der Waals surface area (Å²) in [4.78, 5) is 0. The summed E-state index contributed by atoms with van der Waals surface area (Å²) in [6, 6.07) is 8.64. The van der Waals surface area contributed by atoms with Gasteiger partial charge in [0.2, 0.25) is 0 Å². The molecule has 1 aliphatic heterocycles. The van der Waals surface area contributed by atoms with Gasteiger partial charge in [0.25, 0.3) is 0 Å². The zero-order chi connectivity index (χ0) is 13.1. The van der Waals surface area contributed by atoms with Crippen molar-refractivity contribution in [2.45, 2.75) is 42.1 Å². The lowest BCUT2D eigenvalue weighted by Gasteiger charge is -2.34. The summed E-state index contributed by atoms with van der Waals surface area (Å²) in [5, 5.41) is 2.04. The van der Waals surface area contributed by atoms with Gasteiger partial charge in [0.05, 0.1) is 0 Å². The van der Waals surface area contributed by atoms with Crippen molar-refractivity contribution in [1.29, 1.82) is 0 Å². The lowest BCUT2D eigenvalue weighted by Crippen LogP contribution is -2.41. The molecule has 4 atom stereocenters. The van der Waals surface area contributed by atoms with E-state index in [0.717, 1.165) is 11.7 Å². The van der Waals surface area contributed by atoms with E-state index in [2.05, 4.69) is 71.5 Å². The van der Waals surface area contributed by atoms with Gasteiger partial charge in [0.15, 0.2) is 0 Å². The lowest BCUT2D eigenvalue weighted by atomic mass is 10.0. The summed E-state index contributed by atoms with van der Waals surface area (Å²) in [5.74, 6) is 1.18. The molecule has 1 nitrogen and oxygen atoms in total. The number of halogens is 1. The van der Waals surface area contributed by atoms with Crippen molar-refractivity contribution in [2.75, 3.05) is 5.75 Å². The largest absolute Gasteiger partial charge is 0.326 e. The van der Waals surface area contributed by atoms with Crippen molar-refractivity contribution in [2.24, 2.45) is 5.73 Å². The minimum absolute atomic E-state index is 0.246. The minimum Gasteiger partial charge on any atom is -0.326 e. The molecule has 2 N–H and O–H groups in total. The lowest BCUT2D eigenvalue weighted by molar-refractivity contribution is 0.655. The highest BCUT2D eigenvalue weighted by molar-refractivity contribution is 9.10. The molecule has 4 heteroatoms. The summed E-state index contributed by atoms with van der Waals surface area (Å²) in [7, 11) is 0. The third-order valence-corrected chi connectivity index (χ3v) is 7.81. The quantitative estimate of drug-likeness (QED) is 0.898. The van der Waals surface area contributed by atoms with Gasteiger partial charge in [-0.15, -0.1) is 0 Å². The molecular formula is C14H20BrNS2. The first kappa shape index (κ1) is 14.8. The van der Waals surface area contributed by atoms with E-state index in [1.165, 1.54) is 15.8 Å². The van der Waals surface area contributed by atoms with Crippen LogP contribution >= 0.6 is 39.5 Å². The second-order valence-electron chi connectivity index (χ2n) is 4.88. The van der Waals surface area contributed by atoms with Crippen molar-refractivity contribution in [3.8, 4) is 0 Å². The Labute approximate surface area is 127 Å². The molecule has 0 saturated carbocycles. The number of hydrogen-bond donors (Lipinski definition) is 1. The molecule has 1 fully saturated rings. The molecule has 0 amide bonds. The molecule has 1 heterocycles. The first-order valence-electron chi connectivity index (χ1n) is 6.34. The molecule has 0 aromatic heterocycles. The summed E-state index contributed by atoms with van der Waals surface area (Å²) in [5.41, 5.74) is 7.72. The van der Waals surface area contributed by atoms with Crippen LogP contribution in [-0.4, -0.2) is 27.5 Å². The Hall–Kier alpha value is 0.360. The highest BCUT2D eigenvalue weighted by atomic mass is 79.9. The Morgan fingerprint density at radius 2 is 2.06 bits per heavy atom. The van der Waals surface area contributed by atoms with Gasteiger partial charge in [-0.2, -0.15) is 23.5 Å². The van der Waals surface area contributed by atoms with Gasteiger partial charge in [-0.3, -0.25) is 0 Å². The van der Waals surface area contributed by atoms with Crippen molar-refractivity contribution in [3.63, 3.8) is 0 Å². The molecule has 1 aliphatic rings. The first-order valence-corrected chi connectivity index (χ1v) is 9.12. The van der Waals surface area contributed by atoms with Crippen LogP contribution in [0.2, 0.25) is 0 Å². The van der Waals surface area contributed by atoms with Gasteiger partial charge in [-0.25, -0.2) is 0 Å². The van der Waals surface area contributed by atoms with Crippen molar-refractivity contribution in [1.82, 2.24) is 0 Å². The van der Waals surface area contributed by atoms with Crippen LogP contribution < -0.4 is 5.73 Å². The number of hydrogen-bond acceptors (Lipinski definition) is 3. The van der Waals surface area contributed by atoms with Crippen LogP contribution in [0.4, 0.5) is 0 Å². The van der Waals surface area contributed by atoms with E-state index in [1.807, 2.05) is 6.07 Å². The molecule has 4 unspecified atom stereocenters. The van der Waals surface area contributed by atoms with Crippen LogP contribution in [0.3, 0.4) is 0 Å². The molecule has 1 saturated heterocycles. The van der Waals surface area contributed by atoms with Crippen molar-refractivity contribution >= 4 is 39.5 Å². The van der Waals surface area contributed by atoms with E-state index in [4.69, 9.17) is 5.73 Å². The van der Waals surface area contributed by atoms with Gasteiger partial charge in [0, 0.05) is 32.0 Å². The zero-order valence-corrected chi connectivity index (χ0v) is 14.0. The third kappa shape index (κ3) is 3.69. The molecule has 18 heavy (non-hydrogen) atoms. The highest BCUT2D eigenvalue weighted by Crippen LogP contribution is 2.37. The topological polar surface area (TPSA) is 26.0 Å². The fraction of sp³-hybridized carbons (Fsp3) is 0.571. The van der Waals surface area contributed by atoms with E-state index in [0.29, 0.717) is 10.5 Å². The molecule has 1 aromatic rings. The maximum Gasteiger partial charge on any atom is 0.0295 e. The number of nitrogens with two attached hydrogens (primary N) is 1. The van der Waals surface area contributed by atoms with Crippen LogP contribution in [0.25, 0.3) is 0 Å². The highest BCUT2D eigenvalue weighted by Gasteiger charge is 2.29. The monoisotopic (exact) mass is 345 g/mol. The van der Waals surface area contributed by atoms with Crippen LogP contribution in [0.5, 0.6) is 0 Å². The van der Waals surface area contributed by atoms with Gasteiger partial charge in [-0.05, 0) is 18.1 Å². The average Bonchev–Trinajstić information content (AvgIpc) is 2.35. The molecule has 2 rings (SSSR count). The number of thioether (sulfide) groups is 2. The van der Waals surface area contributed by atoms with Crippen LogP contribution in [0.1, 0.15) is 19.4 Å². The summed E-state index contributed by atoms with van der Waals surface area (Å²) >= 11 is 7.73. The Balaban J connectivity index is 1.96. The minimum atomic E-state index is 0.246. The predicted octanol–water partition coefficient (Wildman–Crippen LogP) is 3.94. The SMILES string of the molecule is CC1SCC(C(N)Cc2ccccc2Br)SC1C. The summed E-state index contributed by atoms with van der Waals surface area (Å²) < 4.78 is 1.18. The molecular weight excluding hydrogens is 326 g/mol. The Morgan fingerprint density at radius 3 is 2.72 bits per heavy atom. The average molecular weight is 346 g/mol. The molecule has 0 bridgehead atoms. The van der Waals surface area contributed by atoms with Gasteiger partial charge in [-0.1, -0.05) is 48.0 Å². The van der Waals surface area contributed by atoms with E-state index in [9.17, 15) is 0 Å². The Kier molecular flexibility index (Phi) is 5.48. The molecule has 0 radical (unpaired) electrons. The smallest absolute Gasteiger partial charge is 0.0295 e. The fourth-order valence-corrected chi connectivity index (χ4v) is 5.59. The van der Waals surface area contributed by atoms with Crippen LogP contribution in [0.15, 0.2) is 28.7 Å². The van der Waals surface area contributed by atoms with Crippen molar-refractivity contribution < 1.29 is 0 Å². The third-order valence-electron chi connectivity index (χ3n) is 3.46. The first-order chi connectivity index (χ1) is 8.58. The van der Waals surface area contributed by atoms with Gasteiger partial charge >= 0.3 is 0 Å². The normalized spacial score (nSPS) is 30.1. The van der Waals surface area contributed by atoms with Crippen molar-refractivity contribution in [3.05, 3.63) is 34.3 Å². The second-order valence-corrected chi connectivity index (χ2v) is 8.76. The Morgan fingerprint density at radius 1 is 1.33 bits per heavy atom. The van der Waals surface area contributed by atoms with Gasteiger partial charge < -0.3 is 5.73 Å². The van der Waals surface area contributed by atoms with E-state index >= 15 is 0 Å². The molecule has 0 aliphatic carbocycles. The Bertz CT molecular complexity index is 399. The zero-order valence-electron chi connectivity index (χ0n) is 10.8. The van der Waals surface area contributed by atoms with E-state index < -0.39 is 0 Å². The molecule has 100 valence electrons. The maximum atomic E-state index is 6.40. The second kappa shape index (κ2) is 6.69. The number of benzene rings is 1. The predicted molar refractivity (Wildman–Crippen MR) is 88.6 cm³/mol. The fourth-order valence-electron chi connectivity index (χ4n) is 2.08.